The van der Waals surface area contributed by atoms with E-state index < -0.39 is 18.2 Å². The van der Waals surface area contributed by atoms with E-state index >= 15 is 0 Å². The number of amides is 2. The van der Waals surface area contributed by atoms with Crippen LogP contribution < -0.4 is 15.4 Å². The minimum Gasteiger partial charge on any atom is -0.508 e. The third kappa shape index (κ3) is 4.92. The van der Waals surface area contributed by atoms with Crippen molar-refractivity contribution in [2.24, 2.45) is 0 Å². The topological polar surface area (TPSA) is 108 Å². The number of phenols is 1. The van der Waals surface area contributed by atoms with Gasteiger partial charge >= 0.3 is 12.0 Å². The van der Waals surface area contributed by atoms with Crippen LogP contribution in [0.1, 0.15) is 17.3 Å². The fraction of sp³-hybridized carbons (Fsp3) is 0.125. The molecule has 2 amide bonds. The van der Waals surface area contributed by atoms with E-state index in [1.807, 2.05) is 0 Å². The Morgan fingerprint density at radius 3 is 2.22 bits per heavy atom. The number of phenolic OH excluding ortho intramolecular Hbond substituents is 1. The Bertz CT molecular complexity index is 683. The van der Waals surface area contributed by atoms with Gasteiger partial charge < -0.3 is 25.6 Å². The highest BCUT2D eigenvalue weighted by Gasteiger charge is 2.09. The quantitative estimate of drug-likeness (QED) is 0.634. The number of urea groups is 1. The number of carboxylic acids is 1. The Kier molecular flexibility index (Phi) is 5.03. The Labute approximate surface area is 132 Å². The van der Waals surface area contributed by atoms with Gasteiger partial charge in [-0.05, 0) is 55.5 Å². The van der Waals surface area contributed by atoms with Crippen LogP contribution in [-0.2, 0) is 0 Å². The fourth-order valence-electron chi connectivity index (χ4n) is 1.81. The van der Waals surface area contributed by atoms with Gasteiger partial charge in [-0.25, -0.2) is 9.59 Å². The van der Waals surface area contributed by atoms with Crippen LogP contribution in [0.5, 0.6) is 11.5 Å². The van der Waals surface area contributed by atoms with Crippen LogP contribution in [0.4, 0.5) is 10.5 Å². The number of hydrogen-bond acceptors (Lipinski definition) is 4. The molecule has 0 fully saturated rings. The number of carboxylic acid groups (broad SMARTS) is 1. The summed E-state index contributed by atoms with van der Waals surface area (Å²) < 4.78 is 5.47. The minimum absolute atomic E-state index is 0.125. The summed E-state index contributed by atoms with van der Waals surface area (Å²) >= 11 is 0. The molecule has 0 aliphatic rings. The maximum atomic E-state index is 11.8. The average molecular weight is 316 g/mol. The van der Waals surface area contributed by atoms with Crippen molar-refractivity contribution in [1.82, 2.24) is 5.32 Å². The van der Waals surface area contributed by atoms with Gasteiger partial charge in [0.1, 0.15) is 11.5 Å². The molecule has 0 bridgehead atoms. The van der Waals surface area contributed by atoms with E-state index in [4.69, 9.17) is 9.84 Å². The Hall–Kier alpha value is -3.22. The molecule has 0 aliphatic heterocycles. The molecule has 0 radical (unpaired) electrons. The van der Waals surface area contributed by atoms with Gasteiger partial charge in [-0.3, -0.25) is 0 Å². The first-order valence-corrected chi connectivity index (χ1v) is 6.80. The molecule has 1 unspecified atom stereocenters. The molecule has 0 saturated heterocycles. The van der Waals surface area contributed by atoms with Gasteiger partial charge in [0.2, 0.25) is 0 Å². The van der Waals surface area contributed by atoms with Crippen molar-refractivity contribution in [3.8, 4) is 11.5 Å². The third-order valence-electron chi connectivity index (χ3n) is 2.87. The molecule has 0 aromatic heterocycles. The molecule has 120 valence electrons. The second kappa shape index (κ2) is 7.17. The van der Waals surface area contributed by atoms with E-state index in [-0.39, 0.29) is 11.3 Å². The van der Waals surface area contributed by atoms with Crippen LogP contribution in [0.2, 0.25) is 0 Å². The van der Waals surface area contributed by atoms with E-state index in [0.29, 0.717) is 11.4 Å². The molecule has 2 aromatic rings. The maximum Gasteiger partial charge on any atom is 0.335 e. The van der Waals surface area contributed by atoms with E-state index in [2.05, 4.69) is 10.6 Å². The van der Waals surface area contributed by atoms with Crippen LogP contribution in [-0.4, -0.2) is 28.4 Å². The highest BCUT2D eigenvalue weighted by Crippen LogP contribution is 2.16. The standard InChI is InChI=1S/C16H16N2O5/c1-10(23-14-8-6-13(19)7-9-14)17-16(22)18-12-4-2-11(3-5-12)15(20)21/h2-10,19H,1H3,(H,20,21)(H2,17,18,22). The summed E-state index contributed by atoms with van der Waals surface area (Å²) in [4.78, 5) is 22.6. The number of hydrogen-bond donors (Lipinski definition) is 4. The number of anilines is 1. The van der Waals surface area contributed by atoms with Crippen LogP contribution in [0.3, 0.4) is 0 Å². The lowest BCUT2D eigenvalue weighted by molar-refractivity contribution is 0.0697. The normalized spacial score (nSPS) is 11.3. The van der Waals surface area contributed by atoms with Gasteiger partial charge in [-0.15, -0.1) is 0 Å². The molecule has 1 atom stereocenters. The number of benzene rings is 2. The monoisotopic (exact) mass is 316 g/mol. The number of carbonyl (C=O) groups excluding carboxylic acids is 1. The largest absolute Gasteiger partial charge is 0.508 e. The van der Waals surface area contributed by atoms with Gasteiger partial charge in [0.15, 0.2) is 6.23 Å². The predicted octanol–water partition coefficient (Wildman–Crippen LogP) is 2.64. The Morgan fingerprint density at radius 1 is 1.04 bits per heavy atom. The van der Waals surface area contributed by atoms with Crippen LogP contribution in [0, 0.1) is 0 Å². The fourth-order valence-corrected chi connectivity index (χ4v) is 1.81. The highest BCUT2D eigenvalue weighted by atomic mass is 16.5. The first-order chi connectivity index (χ1) is 10.9. The molecule has 23 heavy (non-hydrogen) atoms. The van der Waals surface area contributed by atoms with E-state index in [9.17, 15) is 14.7 Å². The first kappa shape index (κ1) is 16.2. The smallest absolute Gasteiger partial charge is 0.335 e. The summed E-state index contributed by atoms with van der Waals surface area (Å²) in [5.41, 5.74) is 0.601. The van der Waals surface area contributed by atoms with Gasteiger partial charge in [0.25, 0.3) is 0 Å². The number of rotatable bonds is 5. The number of nitrogens with one attached hydrogen (secondary N) is 2. The summed E-state index contributed by atoms with van der Waals surface area (Å²) in [6.45, 7) is 1.65. The van der Waals surface area contributed by atoms with Gasteiger partial charge in [0.05, 0.1) is 5.56 Å². The third-order valence-corrected chi connectivity index (χ3v) is 2.87. The number of aromatic carboxylic acids is 1. The SMILES string of the molecule is CC(NC(=O)Nc1ccc(C(=O)O)cc1)Oc1ccc(O)cc1. The Morgan fingerprint density at radius 2 is 1.65 bits per heavy atom. The summed E-state index contributed by atoms with van der Waals surface area (Å²) in [7, 11) is 0. The molecule has 0 saturated carbocycles. The van der Waals surface area contributed by atoms with Crippen molar-refractivity contribution in [2.45, 2.75) is 13.2 Å². The molecule has 2 rings (SSSR count). The molecule has 4 N–H and O–H groups in total. The Balaban J connectivity index is 1.86. The van der Waals surface area contributed by atoms with Crippen molar-refractivity contribution < 1.29 is 24.5 Å². The molecule has 0 spiro atoms. The van der Waals surface area contributed by atoms with Crippen molar-refractivity contribution >= 4 is 17.7 Å². The summed E-state index contributed by atoms with van der Waals surface area (Å²) in [6, 6.07) is 11.4. The van der Waals surface area contributed by atoms with E-state index in [0.717, 1.165) is 0 Å². The van der Waals surface area contributed by atoms with Gasteiger partial charge in [0, 0.05) is 5.69 Å². The van der Waals surface area contributed by atoms with Crippen LogP contribution in [0.25, 0.3) is 0 Å². The highest BCUT2D eigenvalue weighted by molar-refractivity contribution is 5.91. The van der Waals surface area contributed by atoms with Crippen molar-refractivity contribution in [2.75, 3.05) is 5.32 Å². The lowest BCUT2D eigenvalue weighted by Gasteiger charge is -2.16. The van der Waals surface area contributed by atoms with Gasteiger partial charge in [-0.2, -0.15) is 0 Å². The molecule has 0 heterocycles. The molecule has 7 nitrogen and oxygen atoms in total. The maximum absolute atomic E-state index is 11.8. The molecule has 0 aliphatic carbocycles. The van der Waals surface area contributed by atoms with E-state index in [1.54, 1.807) is 19.1 Å². The number of aromatic hydroxyl groups is 1. The summed E-state index contributed by atoms with van der Waals surface area (Å²) in [5, 5.41) is 23.1. The second-order valence-corrected chi connectivity index (χ2v) is 4.73. The summed E-state index contributed by atoms with van der Waals surface area (Å²) in [6.07, 6.45) is -0.599. The van der Waals surface area contributed by atoms with Crippen molar-refractivity contribution in [3.05, 3.63) is 54.1 Å². The zero-order valence-electron chi connectivity index (χ0n) is 12.3. The van der Waals surface area contributed by atoms with Crippen molar-refractivity contribution in [3.63, 3.8) is 0 Å². The summed E-state index contributed by atoms with van der Waals surface area (Å²) in [5.74, 6) is -0.404. The molecular formula is C16H16N2O5. The lowest BCUT2D eigenvalue weighted by Crippen LogP contribution is -2.39. The second-order valence-electron chi connectivity index (χ2n) is 4.73. The van der Waals surface area contributed by atoms with Gasteiger partial charge in [-0.1, -0.05) is 0 Å². The number of carbonyl (C=O) groups is 2. The van der Waals surface area contributed by atoms with Crippen LogP contribution >= 0.6 is 0 Å². The molecule has 7 heteroatoms. The lowest BCUT2D eigenvalue weighted by atomic mass is 10.2. The average Bonchev–Trinajstić information content (AvgIpc) is 2.50. The minimum atomic E-state index is -1.03. The van der Waals surface area contributed by atoms with Crippen LogP contribution in [0.15, 0.2) is 48.5 Å². The zero-order valence-corrected chi connectivity index (χ0v) is 12.3. The number of ether oxygens (including phenoxy) is 1. The van der Waals surface area contributed by atoms with E-state index in [1.165, 1.54) is 36.4 Å². The first-order valence-electron chi connectivity index (χ1n) is 6.80. The predicted molar refractivity (Wildman–Crippen MR) is 83.8 cm³/mol. The zero-order chi connectivity index (χ0) is 16.8. The van der Waals surface area contributed by atoms with Crippen molar-refractivity contribution in [1.29, 1.82) is 0 Å². The molecular weight excluding hydrogens is 300 g/mol. The molecule has 2 aromatic carbocycles.